The van der Waals surface area contributed by atoms with Crippen molar-refractivity contribution in [3.63, 3.8) is 0 Å². The molecule has 1 unspecified atom stereocenters. The van der Waals surface area contributed by atoms with E-state index in [-0.39, 0.29) is 16.5 Å². The summed E-state index contributed by atoms with van der Waals surface area (Å²) in [5.74, 6) is -3.07. The third-order valence-electron chi connectivity index (χ3n) is 5.60. The van der Waals surface area contributed by atoms with Gasteiger partial charge in [-0.05, 0) is 50.0 Å². The van der Waals surface area contributed by atoms with Crippen LogP contribution in [0.5, 0.6) is 0 Å². The molecule has 0 saturated heterocycles. The Morgan fingerprint density at radius 2 is 1.70 bits per heavy atom. The van der Waals surface area contributed by atoms with E-state index in [1.54, 1.807) is 6.07 Å². The van der Waals surface area contributed by atoms with Crippen LogP contribution in [0, 0.1) is 0 Å². The van der Waals surface area contributed by atoms with Crippen molar-refractivity contribution in [1.82, 2.24) is 0 Å². The summed E-state index contributed by atoms with van der Waals surface area (Å²) >= 11 is 0. The fraction of sp³-hybridized carbons (Fsp3) is 0.700. The van der Waals surface area contributed by atoms with E-state index in [0.29, 0.717) is 13.0 Å². The molecule has 0 saturated carbocycles. The molecule has 0 fully saturated rings. The van der Waals surface area contributed by atoms with Crippen LogP contribution in [0.25, 0.3) is 0 Å². The van der Waals surface area contributed by atoms with Crippen molar-refractivity contribution >= 4 is 19.3 Å². The number of alkyl halides is 2. The van der Waals surface area contributed by atoms with Gasteiger partial charge in [0.1, 0.15) is 0 Å². The van der Waals surface area contributed by atoms with E-state index in [0.717, 1.165) is 12.5 Å². The van der Waals surface area contributed by atoms with Crippen LogP contribution in [0.1, 0.15) is 65.0 Å². The van der Waals surface area contributed by atoms with Gasteiger partial charge in [0, 0.05) is 25.0 Å². The number of rotatable bonds is 8. The molecule has 1 rings (SSSR count). The van der Waals surface area contributed by atoms with Gasteiger partial charge < -0.3 is 4.43 Å². The molecule has 0 aliphatic rings. The highest BCUT2D eigenvalue weighted by atomic mass is 32.2. The highest BCUT2D eigenvalue weighted by molar-refractivity contribution is 7.84. The first-order valence-corrected chi connectivity index (χ1v) is 13.4. The lowest BCUT2D eigenvalue weighted by molar-refractivity contribution is 0.0173. The summed E-state index contributed by atoms with van der Waals surface area (Å²) in [5, 5.41) is 5.71. The second-order valence-corrected chi connectivity index (χ2v) is 16.1. The summed E-state index contributed by atoms with van der Waals surface area (Å²) < 4.78 is 45.3. The highest BCUT2D eigenvalue weighted by Crippen LogP contribution is 2.39. The zero-order chi connectivity index (χ0) is 21.3. The molecule has 0 aliphatic carbocycles. The van der Waals surface area contributed by atoms with Crippen LogP contribution >= 0.6 is 0 Å². The molecule has 0 heterocycles. The average Bonchev–Trinajstić information content (AvgIpc) is 2.49. The van der Waals surface area contributed by atoms with Crippen molar-refractivity contribution in [1.29, 1.82) is 0 Å². The van der Waals surface area contributed by atoms with Crippen molar-refractivity contribution in [2.45, 2.75) is 82.7 Å². The van der Waals surface area contributed by atoms with Gasteiger partial charge in [0.2, 0.25) is 0 Å². The van der Waals surface area contributed by atoms with Crippen LogP contribution < -0.4 is 5.14 Å². The molecule has 0 radical (unpaired) electrons. The highest BCUT2D eigenvalue weighted by Gasteiger charge is 2.39. The maximum absolute atomic E-state index is 13.8. The summed E-state index contributed by atoms with van der Waals surface area (Å²) in [4.78, 5) is 0. The quantitative estimate of drug-likeness (QED) is 0.550. The van der Waals surface area contributed by atoms with Crippen LogP contribution in [0.4, 0.5) is 8.78 Å². The van der Waals surface area contributed by atoms with Crippen LogP contribution in [0.3, 0.4) is 0 Å². The van der Waals surface area contributed by atoms with Gasteiger partial charge >= 0.3 is 0 Å². The van der Waals surface area contributed by atoms with Crippen molar-refractivity contribution in [3.05, 3.63) is 35.4 Å². The minimum Gasteiger partial charge on any atom is -0.416 e. The van der Waals surface area contributed by atoms with Gasteiger partial charge in [-0.25, -0.2) is 13.0 Å². The number of nitrogens with two attached hydrogens (primary N) is 1. The van der Waals surface area contributed by atoms with E-state index in [9.17, 15) is 13.0 Å². The van der Waals surface area contributed by atoms with Gasteiger partial charge in [-0.1, -0.05) is 39.0 Å². The van der Waals surface area contributed by atoms with Gasteiger partial charge in [0.05, 0.1) is 15.7 Å². The molecule has 3 nitrogen and oxygen atoms in total. The van der Waals surface area contributed by atoms with E-state index < -0.39 is 30.0 Å². The summed E-state index contributed by atoms with van der Waals surface area (Å²) in [6.45, 7) is 15.8. The standard InChI is InChI=1S/C20H35F2NO2SSi/c1-18(2,3)27(7,8)25-14-16(13-19(4,5)26(23)24)15-10-9-11-17(12-15)20(6,21)22/h9-12,16H,13-14,23H2,1-8H3/t16-,26?/m1/s1. The lowest BCUT2D eigenvalue weighted by Gasteiger charge is -2.38. The molecule has 0 aliphatic heterocycles. The van der Waals surface area contributed by atoms with E-state index in [1.165, 1.54) is 12.1 Å². The third kappa shape index (κ3) is 6.73. The fourth-order valence-corrected chi connectivity index (χ4v) is 3.96. The van der Waals surface area contributed by atoms with Crippen LogP contribution in [0.15, 0.2) is 24.3 Å². The second-order valence-electron chi connectivity index (χ2n) is 9.54. The lowest BCUT2D eigenvalue weighted by atomic mass is 9.89. The Morgan fingerprint density at radius 3 is 2.15 bits per heavy atom. The van der Waals surface area contributed by atoms with Gasteiger partial charge in [-0.15, -0.1) is 0 Å². The first-order chi connectivity index (χ1) is 12.0. The molecule has 1 aromatic carbocycles. The van der Waals surface area contributed by atoms with Gasteiger partial charge in [-0.2, -0.15) is 0 Å². The maximum atomic E-state index is 13.8. The van der Waals surface area contributed by atoms with Crippen LogP contribution in [0.2, 0.25) is 18.1 Å². The Kier molecular flexibility index (Phi) is 7.58. The molecular weight excluding hydrogens is 384 g/mol. The Balaban J connectivity index is 3.22. The predicted molar refractivity (Wildman–Crippen MR) is 113 cm³/mol. The molecule has 0 aromatic heterocycles. The van der Waals surface area contributed by atoms with Crippen LogP contribution in [-0.4, -0.2) is 23.9 Å². The monoisotopic (exact) mass is 419 g/mol. The molecular formula is C20H35F2NO2SSi. The van der Waals surface area contributed by atoms with E-state index in [2.05, 4.69) is 33.9 Å². The fourth-order valence-electron chi connectivity index (χ4n) is 2.54. The largest absolute Gasteiger partial charge is 0.416 e. The van der Waals surface area contributed by atoms with Crippen molar-refractivity contribution < 1.29 is 17.4 Å². The van der Waals surface area contributed by atoms with Crippen LogP contribution in [-0.2, 0) is 21.3 Å². The zero-order valence-corrected chi connectivity index (χ0v) is 19.7. The first-order valence-electron chi connectivity index (χ1n) is 9.26. The van der Waals surface area contributed by atoms with Gasteiger partial charge in [0.25, 0.3) is 5.92 Å². The van der Waals surface area contributed by atoms with Gasteiger partial charge in [-0.3, -0.25) is 5.14 Å². The molecule has 1 aromatic rings. The van der Waals surface area contributed by atoms with Crippen molar-refractivity contribution in [2.75, 3.05) is 6.61 Å². The third-order valence-corrected chi connectivity index (χ3v) is 11.4. The van der Waals surface area contributed by atoms with Gasteiger partial charge in [0.15, 0.2) is 8.32 Å². The zero-order valence-electron chi connectivity index (χ0n) is 17.9. The normalized spacial score (nSPS) is 16.3. The molecule has 0 spiro atoms. The molecule has 7 heteroatoms. The molecule has 2 atom stereocenters. The summed E-state index contributed by atoms with van der Waals surface area (Å²) in [6, 6.07) is 6.45. The molecule has 27 heavy (non-hydrogen) atoms. The van der Waals surface area contributed by atoms with E-state index in [1.807, 2.05) is 19.9 Å². The molecule has 156 valence electrons. The number of benzene rings is 1. The first kappa shape index (κ1) is 24.4. The van der Waals surface area contributed by atoms with Crippen molar-refractivity contribution in [2.24, 2.45) is 5.14 Å². The number of halogens is 2. The number of hydrogen-bond acceptors (Lipinski definition) is 2. The summed E-state index contributed by atoms with van der Waals surface area (Å²) in [5.41, 5.74) is 0.746. The SMILES string of the molecule is CC(F)(F)c1cccc([C@@H](CO[Si](C)(C)C(C)(C)C)CC(C)(C)S(N)=O)c1. The summed E-state index contributed by atoms with van der Waals surface area (Å²) in [6.07, 6.45) is 0.490. The maximum Gasteiger partial charge on any atom is 0.270 e. The molecule has 0 amide bonds. The Labute approximate surface area is 166 Å². The second kappa shape index (κ2) is 8.39. The minimum atomic E-state index is -2.91. The smallest absolute Gasteiger partial charge is 0.270 e. The van der Waals surface area contributed by atoms with E-state index >= 15 is 0 Å². The molecule has 2 N–H and O–H groups in total. The predicted octanol–water partition coefficient (Wildman–Crippen LogP) is 5.69. The Bertz CT molecular complexity index is 667. The molecule has 0 bridgehead atoms. The lowest BCUT2D eigenvalue weighted by Crippen LogP contribution is -2.42. The van der Waals surface area contributed by atoms with Crippen molar-refractivity contribution in [3.8, 4) is 0 Å². The average molecular weight is 420 g/mol. The van der Waals surface area contributed by atoms with E-state index in [4.69, 9.17) is 9.56 Å². The topological polar surface area (TPSA) is 52.3 Å². The Hall–Kier alpha value is -0.633. The number of hydrogen-bond donors (Lipinski definition) is 1. The summed E-state index contributed by atoms with van der Waals surface area (Å²) in [7, 11) is -3.54. The minimum absolute atomic E-state index is 0.0241. The Morgan fingerprint density at radius 1 is 1.15 bits per heavy atom.